The van der Waals surface area contributed by atoms with E-state index in [0.29, 0.717) is 17.6 Å². The number of tetrazole rings is 1. The van der Waals surface area contributed by atoms with Crippen LogP contribution in [0.15, 0.2) is 24.3 Å². The summed E-state index contributed by atoms with van der Waals surface area (Å²) in [5, 5.41) is 12.5. The van der Waals surface area contributed by atoms with Crippen molar-refractivity contribution in [2.24, 2.45) is 0 Å². The summed E-state index contributed by atoms with van der Waals surface area (Å²) >= 11 is 5.77. The summed E-state index contributed by atoms with van der Waals surface area (Å²) in [6.07, 6.45) is 0. The first-order chi connectivity index (χ1) is 7.29. The summed E-state index contributed by atoms with van der Waals surface area (Å²) in [6.45, 7) is 0.292. The minimum atomic E-state index is 0.292. The molecule has 0 N–H and O–H groups in total. The highest BCUT2D eigenvalue weighted by Gasteiger charge is 2.04. The highest BCUT2D eigenvalue weighted by atomic mass is 35.5. The van der Waals surface area contributed by atoms with Crippen LogP contribution in [0.5, 0.6) is 0 Å². The molecule has 0 aliphatic rings. The molecule has 0 aliphatic heterocycles. The fourth-order valence-electron chi connectivity index (χ4n) is 1.13. The van der Waals surface area contributed by atoms with Gasteiger partial charge in [0.1, 0.15) is 0 Å². The zero-order chi connectivity index (χ0) is 10.7. The standard InChI is InChI=1S/C9H9ClN4O/c1-15-6-14-12-9(11-13-14)7-2-4-8(10)5-3-7/h2-5H,6H2,1H3. The zero-order valence-electron chi connectivity index (χ0n) is 8.09. The van der Waals surface area contributed by atoms with Gasteiger partial charge in [0, 0.05) is 17.7 Å². The van der Waals surface area contributed by atoms with E-state index in [1.54, 1.807) is 19.2 Å². The zero-order valence-corrected chi connectivity index (χ0v) is 8.85. The van der Waals surface area contributed by atoms with Crippen LogP contribution >= 0.6 is 11.6 Å². The van der Waals surface area contributed by atoms with Gasteiger partial charge in [-0.15, -0.1) is 15.0 Å². The van der Waals surface area contributed by atoms with E-state index in [1.807, 2.05) is 12.1 Å². The Balaban J connectivity index is 2.25. The molecule has 2 aromatic rings. The molecule has 1 aromatic heterocycles. The van der Waals surface area contributed by atoms with E-state index in [0.717, 1.165) is 5.56 Å². The Labute approximate surface area is 91.6 Å². The van der Waals surface area contributed by atoms with Crippen molar-refractivity contribution in [1.29, 1.82) is 0 Å². The van der Waals surface area contributed by atoms with E-state index in [2.05, 4.69) is 15.4 Å². The second kappa shape index (κ2) is 4.37. The first kappa shape index (κ1) is 10.1. The van der Waals surface area contributed by atoms with Crippen LogP contribution in [0.4, 0.5) is 0 Å². The molecule has 78 valence electrons. The molecule has 0 unspecified atom stereocenters. The fraction of sp³-hybridized carbons (Fsp3) is 0.222. The van der Waals surface area contributed by atoms with Gasteiger partial charge in [0.05, 0.1) is 0 Å². The van der Waals surface area contributed by atoms with E-state index < -0.39 is 0 Å². The molecule has 5 nitrogen and oxygen atoms in total. The molecule has 0 atom stereocenters. The molecule has 1 heterocycles. The van der Waals surface area contributed by atoms with Gasteiger partial charge in [0.2, 0.25) is 5.82 Å². The highest BCUT2D eigenvalue weighted by molar-refractivity contribution is 6.30. The van der Waals surface area contributed by atoms with Gasteiger partial charge in [-0.3, -0.25) is 0 Å². The van der Waals surface area contributed by atoms with Crippen LogP contribution in [0.25, 0.3) is 11.4 Å². The number of rotatable bonds is 3. The molecule has 2 rings (SSSR count). The Bertz CT molecular complexity index is 440. The summed E-state index contributed by atoms with van der Waals surface area (Å²) in [6, 6.07) is 7.26. The Hall–Kier alpha value is -1.46. The van der Waals surface area contributed by atoms with Gasteiger partial charge >= 0.3 is 0 Å². The molecule has 0 saturated heterocycles. The molecular formula is C9H9ClN4O. The first-order valence-corrected chi connectivity index (χ1v) is 4.70. The Morgan fingerprint density at radius 3 is 2.73 bits per heavy atom. The number of halogens is 1. The fourth-order valence-corrected chi connectivity index (χ4v) is 1.25. The minimum Gasteiger partial charge on any atom is -0.361 e. The third-order valence-electron chi connectivity index (χ3n) is 1.80. The molecular weight excluding hydrogens is 216 g/mol. The Morgan fingerprint density at radius 1 is 1.33 bits per heavy atom. The van der Waals surface area contributed by atoms with Gasteiger partial charge < -0.3 is 4.74 Å². The van der Waals surface area contributed by atoms with Crippen molar-refractivity contribution in [3.05, 3.63) is 29.3 Å². The van der Waals surface area contributed by atoms with Gasteiger partial charge in [-0.1, -0.05) is 11.6 Å². The normalized spacial score (nSPS) is 10.5. The molecule has 0 bridgehead atoms. The van der Waals surface area contributed by atoms with E-state index in [9.17, 15) is 0 Å². The van der Waals surface area contributed by atoms with Gasteiger partial charge in [-0.25, -0.2) is 0 Å². The summed E-state index contributed by atoms with van der Waals surface area (Å²) < 4.78 is 4.87. The molecule has 0 saturated carbocycles. The predicted octanol–water partition coefficient (Wildman–Crippen LogP) is 1.60. The van der Waals surface area contributed by atoms with Crippen LogP contribution in [-0.4, -0.2) is 27.3 Å². The van der Waals surface area contributed by atoms with E-state index in [-0.39, 0.29) is 0 Å². The summed E-state index contributed by atoms with van der Waals surface area (Å²) in [5.41, 5.74) is 0.877. The monoisotopic (exact) mass is 224 g/mol. The summed E-state index contributed by atoms with van der Waals surface area (Å²) in [7, 11) is 1.57. The van der Waals surface area contributed by atoms with Gasteiger partial charge in [-0.2, -0.15) is 0 Å². The van der Waals surface area contributed by atoms with Crippen molar-refractivity contribution < 1.29 is 4.74 Å². The smallest absolute Gasteiger partial charge is 0.205 e. The van der Waals surface area contributed by atoms with Crippen molar-refractivity contribution >= 4 is 11.6 Å². The molecule has 15 heavy (non-hydrogen) atoms. The first-order valence-electron chi connectivity index (χ1n) is 4.32. The number of aromatic nitrogens is 4. The lowest BCUT2D eigenvalue weighted by Gasteiger charge is -1.94. The van der Waals surface area contributed by atoms with Gasteiger partial charge in [0.25, 0.3) is 0 Å². The van der Waals surface area contributed by atoms with Crippen LogP contribution in [0, 0.1) is 0 Å². The number of hydrogen-bond donors (Lipinski definition) is 0. The summed E-state index contributed by atoms with van der Waals surface area (Å²) in [4.78, 5) is 1.38. The molecule has 0 spiro atoms. The molecule has 0 radical (unpaired) electrons. The number of nitrogens with zero attached hydrogens (tertiary/aromatic N) is 4. The minimum absolute atomic E-state index is 0.292. The number of benzene rings is 1. The maximum absolute atomic E-state index is 5.77. The highest BCUT2D eigenvalue weighted by Crippen LogP contribution is 2.16. The van der Waals surface area contributed by atoms with Gasteiger partial charge in [0.15, 0.2) is 6.73 Å². The second-order valence-corrected chi connectivity index (χ2v) is 3.35. The van der Waals surface area contributed by atoms with Crippen LogP contribution < -0.4 is 0 Å². The third kappa shape index (κ3) is 2.31. The van der Waals surface area contributed by atoms with Crippen molar-refractivity contribution in [3.8, 4) is 11.4 Å². The predicted molar refractivity (Wildman–Crippen MR) is 55.3 cm³/mol. The topological polar surface area (TPSA) is 52.8 Å². The van der Waals surface area contributed by atoms with Crippen LogP contribution in [0.2, 0.25) is 5.02 Å². The van der Waals surface area contributed by atoms with Crippen LogP contribution in [0.1, 0.15) is 0 Å². The molecule has 0 fully saturated rings. The largest absolute Gasteiger partial charge is 0.361 e. The molecule has 0 amide bonds. The maximum Gasteiger partial charge on any atom is 0.205 e. The molecule has 1 aromatic carbocycles. The number of ether oxygens (including phenoxy) is 1. The third-order valence-corrected chi connectivity index (χ3v) is 2.05. The lowest BCUT2D eigenvalue weighted by atomic mass is 10.2. The average molecular weight is 225 g/mol. The van der Waals surface area contributed by atoms with Crippen LogP contribution in [0.3, 0.4) is 0 Å². The van der Waals surface area contributed by atoms with E-state index in [1.165, 1.54) is 4.80 Å². The Kier molecular flexibility index (Phi) is 2.94. The van der Waals surface area contributed by atoms with Crippen molar-refractivity contribution in [2.45, 2.75) is 6.73 Å². The molecule has 0 aliphatic carbocycles. The number of hydrogen-bond acceptors (Lipinski definition) is 4. The van der Waals surface area contributed by atoms with E-state index in [4.69, 9.17) is 16.3 Å². The quantitative estimate of drug-likeness (QED) is 0.795. The number of methoxy groups -OCH3 is 1. The van der Waals surface area contributed by atoms with Crippen molar-refractivity contribution in [1.82, 2.24) is 20.2 Å². The lowest BCUT2D eigenvalue weighted by molar-refractivity contribution is 0.107. The van der Waals surface area contributed by atoms with Crippen LogP contribution in [-0.2, 0) is 11.5 Å². The maximum atomic E-state index is 5.77. The Morgan fingerprint density at radius 2 is 2.07 bits per heavy atom. The van der Waals surface area contributed by atoms with E-state index >= 15 is 0 Å². The van der Waals surface area contributed by atoms with Crippen molar-refractivity contribution in [3.63, 3.8) is 0 Å². The lowest BCUT2D eigenvalue weighted by Crippen LogP contribution is -2.03. The SMILES string of the molecule is COCn1nnc(-c2ccc(Cl)cc2)n1. The summed E-state index contributed by atoms with van der Waals surface area (Å²) in [5.74, 6) is 0.559. The van der Waals surface area contributed by atoms with Crippen molar-refractivity contribution in [2.75, 3.05) is 7.11 Å². The average Bonchev–Trinajstić information content (AvgIpc) is 2.68. The van der Waals surface area contributed by atoms with Gasteiger partial charge in [-0.05, 0) is 29.5 Å². The second-order valence-electron chi connectivity index (χ2n) is 2.91. The molecule has 6 heteroatoms.